The van der Waals surface area contributed by atoms with Crippen LogP contribution in [0.1, 0.15) is 40.8 Å². The van der Waals surface area contributed by atoms with E-state index in [2.05, 4.69) is 40.3 Å². The van der Waals surface area contributed by atoms with Crippen LogP contribution in [0.15, 0.2) is 30.5 Å². The molecule has 3 aromatic rings. The molecular formula is C29H37ClN8O3S. The molecule has 0 saturated carbocycles. The summed E-state index contributed by atoms with van der Waals surface area (Å²) in [5, 5.41) is 7.15. The first-order chi connectivity index (χ1) is 20.3. The molecule has 224 valence electrons. The van der Waals surface area contributed by atoms with Crippen LogP contribution >= 0.6 is 22.9 Å². The van der Waals surface area contributed by atoms with Gasteiger partial charge < -0.3 is 20.3 Å². The summed E-state index contributed by atoms with van der Waals surface area (Å²) in [6.45, 7) is 12.1. The molecule has 2 N–H and O–H groups in total. The number of carbonyl (C=O) groups is 2. The maximum atomic E-state index is 12.8. The van der Waals surface area contributed by atoms with E-state index in [-0.39, 0.29) is 17.9 Å². The van der Waals surface area contributed by atoms with E-state index in [0.717, 1.165) is 70.0 Å². The highest BCUT2D eigenvalue weighted by Crippen LogP contribution is 2.28. The van der Waals surface area contributed by atoms with Gasteiger partial charge in [0, 0.05) is 38.8 Å². The van der Waals surface area contributed by atoms with Crippen molar-refractivity contribution in [3.05, 3.63) is 51.7 Å². The minimum absolute atomic E-state index is 0.129. The van der Waals surface area contributed by atoms with E-state index in [4.69, 9.17) is 16.3 Å². The number of carbonyl (C=O) groups excluding carboxylic acids is 2. The predicted molar refractivity (Wildman–Crippen MR) is 166 cm³/mol. The van der Waals surface area contributed by atoms with Gasteiger partial charge >= 0.3 is 5.97 Å². The second-order valence-corrected chi connectivity index (χ2v) is 12.1. The summed E-state index contributed by atoms with van der Waals surface area (Å²) in [5.74, 6) is 1.68. The number of piperazine rings is 1. The zero-order valence-electron chi connectivity index (χ0n) is 24.2. The third kappa shape index (κ3) is 7.54. The number of amides is 1. The molecule has 4 heterocycles. The monoisotopic (exact) mass is 612 g/mol. The number of hydrogen-bond donors (Lipinski definition) is 2. The zero-order chi connectivity index (χ0) is 29.6. The first kappa shape index (κ1) is 30.1. The fourth-order valence-corrected chi connectivity index (χ4v) is 6.15. The molecule has 0 unspecified atom stereocenters. The molecule has 1 amide bonds. The third-order valence-corrected chi connectivity index (χ3v) is 8.85. The van der Waals surface area contributed by atoms with E-state index in [1.165, 1.54) is 17.5 Å². The van der Waals surface area contributed by atoms with Gasteiger partial charge in [-0.2, -0.15) is 0 Å². The van der Waals surface area contributed by atoms with Crippen molar-refractivity contribution in [2.45, 2.75) is 39.7 Å². The standard InChI is InChI=1S/C29H37ClN8O3S/c1-19-7-6-8-22(30)26(19)35-27(39)23-18-31-29(42-23)34-24-17-25(33-21(3)32-24)38-13-11-36(12-14-38)15-16-41-28(40)20(2)37-9-4-5-10-37/h6-8,17-18,20H,4-5,9-16H2,1-3H3,(H,35,39)(H,31,32,33,34)/t20-/m1/s1. The summed E-state index contributed by atoms with van der Waals surface area (Å²) in [4.78, 5) is 45.9. The fourth-order valence-electron chi connectivity index (χ4n) is 5.16. The van der Waals surface area contributed by atoms with E-state index in [1.807, 2.05) is 39.0 Å². The number of rotatable bonds is 10. The number of aryl methyl sites for hydroxylation is 2. The molecule has 2 saturated heterocycles. The first-order valence-electron chi connectivity index (χ1n) is 14.3. The topological polar surface area (TPSA) is 116 Å². The van der Waals surface area contributed by atoms with Crippen LogP contribution in [0.2, 0.25) is 5.02 Å². The number of aromatic nitrogens is 3. The third-order valence-electron chi connectivity index (χ3n) is 7.63. The number of nitrogens with zero attached hydrogens (tertiary/aromatic N) is 6. The molecule has 2 aromatic heterocycles. The molecule has 42 heavy (non-hydrogen) atoms. The maximum Gasteiger partial charge on any atom is 0.323 e. The van der Waals surface area contributed by atoms with Crippen LogP contribution < -0.4 is 15.5 Å². The summed E-state index contributed by atoms with van der Waals surface area (Å²) in [6.07, 6.45) is 3.84. The van der Waals surface area contributed by atoms with Crippen molar-refractivity contribution < 1.29 is 14.3 Å². The predicted octanol–water partition coefficient (Wildman–Crippen LogP) is 4.35. The minimum Gasteiger partial charge on any atom is -0.463 e. The Kier molecular flexibility index (Phi) is 9.88. The Bertz CT molecular complexity index is 1390. The Labute approximate surface area is 255 Å². The van der Waals surface area contributed by atoms with Gasteiger partial charge in [0.1, 0.15) is 35.0 Å². The second-order valence-electron chi connectivity index (χ2n) is 10.6. The van der Waals surface area contributed by atoms with Gasteiger partial charge in [0.05, 0.1) is 16.9 Å². The molecular weight excluding hydrogens is 576 g/mol. The summed E-state index contributed by atoms with van der Waals surface area (Å²) in [6, 6.07) is 7.21. The number of hydrogen-bond acceptors (Lipinski definition) is 11. The zero-order valence-corrected chi connectivity index (χ0v) is 25.8. The van der Waals surface area contributed by atoms with Crippen molar-refractivity contribution in [3.63, 3.8) is 0 Å². The van der Waals surface area contributed by atoms with Gasteiger partial charge in [0.15, 0.2) is 5.13 Å². The number of para-hydroxylation sites is 1. The van der Waals surface area contributed by atoms with Crippen molar-refractivity contribution in [2.75, 3.05) is 68.0 Å². The molecule has 13 heteroatoms. The number of nitrogens with one attached hydrogen (secondary N) is 2. The quantitative estimate of drug-likeness (QED) is 0.320. The Balaban J connectivity index is 1.11. The number of benzene rings is 1. The molecule has 11 nitrogen and oxygen atoms in total. The van der Waals surface area contributed by atoms with E-state index in [0.29, 0.717) is 39.0 Å². The van der Waals surface area contributed by atoms with Crippen LogP contribution in [-0.2, 0) is 9.53 Å². The fraction of sp³-hybridized carbons (Fsp3) is 0.483. The molecule has 0 spiro atoms. The summed E-state index contributed by atoms with van der Waals surface area (Å²) >= 11 is 7.50. The lowest BCUT2D eigenvalue weighted by Gasteiger charge is -2.35. The Hall–Kier alpha value is -3.32. The Morgan fingerprint density at radius 1 is 1.10 bits per heavy atom. The Morgan fingerprint density at radius 2 is 1.86 bits per heavy atom. The average Bonchev–Trinajstić information content (AvgIpc) is 3.68. The van der Waals surface area contributed by atoms with Crippen molar-refractivity contribution in [1.29, 1.82) is 0 Å². The molecule has 5 rings (SSSR count). The number of halogens is 1. The van der Waals surface area contributed by atoms with Crippen molar-refractivity contribution >= 4 is 57.3 Å². The van der Waals surface area contributed by atoms with E-state index < -0.39 is 0 Å². The molecule has 2 aliphatic heterocycles. The van der Waals surface area contributed by atoms with Crippen molar-refractivity contribution in [1.82, 2.24) is 24.8 Å². The highest BCUT2D eigenvalue weighted by Gasteiger charge is 2.26. The molecule has 1 aromatic carbocycles. The van der Waals surface area contributed by atoms with Crippen LogP contribution in [0, 0.1) is 13.8 Å². The second kappa shape index (κ2) is 13.8. The molecule has 0 radical (unpaired) electrons. The molecule has 0 bridgehead atoms. The van der Waals surface area contributed by atoms with Gasteiger partial charge in [-0.25, -0.2) is 15.0 Å². The Morgan fingerprint density at radius 3 is 2.60 bits per heavy atom. The van der Waals surface area contributed by atoms with E-state index in [9.17, 15) is 9.59 Å². The number of ether oxygens (including phenoxy) is 1. The SMILES string of the molecule is Cc1nc(Nc2ncc(C(=O)Nc3c(C)cccc3Cl)s2)cc(N2CCN(CCOC(=O)[C@@H](C)N3CCCC3)CC2)n1. The number of esters is 1. The van der Waals surface area contributed by atoms with Gasteiger partial charge in [0.25, 0.3) is 5.91 Å². The van der Waals surface area contributed by atoms with Crippen LogP contribution in [0.4, 0.5) is 22.5 Å². The van der Waals surface area contributed by atoms with Gasteiger partial charge in [-0.15, -0.1) is 0 Å². The van der Waals surface area contributed by atoms with Crippen molar-refractivity contribution in [2.24, 2.45) is 0 Å². The largest absolute Gasteiger partial charge is 0.463 e. The molecule has 0 aliphatic carbocycles. The first-order valence-corrected chi connectivity index (χ1v) is 15.5. The summed E-state index contributed by atoms with van der Waals surface area (Å²) in [7, 11) is 0. The van der Waals surface area contributed by atoms with Gasteiger partial charge in [0.2, 0.25) is 0 Å². The van der Waals surface area contributed by atoms with Crippen LogP contribution in [-0.4, -0.2) is 95.1 Å². The molecule has 2 aliphatic rings. The number of anilines is 4. The average molecular weight is 613 g/mol. The van der Waals surface area contributed by atoms with Crippen LogP contribution in [0.5, 0.6) is 0 Å². The highest BCUT2D eigenvalue weighted by molar-refractivity contribution is 7.17. The highest BCUT2D eigenvalue weighted by atomic mass is 35.5. The van der Waals surface area contributed by atoms with Crippen LogP contribution in [0.25, 0.3) is 0 Å². The molecule has 1 atom stereocenters. The summed E-state index contributed by atoms with van der Waals surface area (Å²) in [5.41, 5.74) is 1.48. The van der Waals surface area contributed by atoms with Gasteiger partial charge in [-0.05, 0) is 58.3 Å². The van der Waals surface area contributed by atoms with E-state index in [1.54, 1.807) is 6.07 Å². The molecule has 2 fully saturated rings. The maximum absolute atomic E-state index is 12.8. The normalized spacial score (nSPS) is 16.8. The van der Waals surface area contributed by atoms with Crippen molar-refractivity contribution in [3.8, 4) is 0 Å². The number of thiazole rings is 1. The van der Waals surface area contributed by atoms with E-state index >= 15 is 0 Å². The number of likely N-dealkylation sites (tertiary alicyclic amines) is 1. The van der Waals surface area contributed by atoms with Crippen LogP contribution in [0.3, 0.4) is 0 Å². The minimum atomic E-state index is -0.273. The lowest BCUT2D eigenvalue weighted by molar-refractivity contribution is -0.149. The summed E-state index contributed by atoms with van der Waals surface area (Å²) < 4.78 is 5.57. The van der Waals surface area contributed by atoms with Gasteiger partial charge in [-0.3, -0.25) is 19.4 Å². The lowest BCUT2D eigenvalue weighted by atomic mass is 10.2. The lowest BCUT2D eigenvalue weighted by Crippen LogP contribution is -2.48. The van der Waals surface area contributed by atoms with Gasteiger partial charge in [-0.1, -0.05) is 35.1 Å². The smallest absolute Gasteiger partial charge is 0.323 e.